The van der Waals surface area contributed by atoms with Gasteiger partial charge < -0.3 is 14.8 Å². The Morgan fingerprint density at radius 2 is 2.37 bits per heavy atom. The van der Waals surface area contributed by atoms with Crippen LogP contribution in [0.4, 0.5) is 4.79 Å². The minimum absolute atomic E-state index is 0.0922. The Morgan fingerprint density at radius 1 is 1.53 bits per heavy atom. The minimum Gasteiger partial charge on any atom is -0.338 e. The Labute approximate surface area is 115 Å². The summed E-state index contributed by atoms with van der Waals surface area (Å²) in [4.78, 5) is 18.2. The molecule has 0 saturated carbocycles. The van der Waals surface area contributed by atoms with Crippen LogP contribution >= 0.6 is 0 Å². The molecule has 1 saturated heterocycles. The van der Waals surface area contributed by atoms with Gasteiger partial charge in [0, 0.05) is 38.1 Å². The summed E-state index contributed by atoms with van der Waals surface area (Å²) in [5.41, 5.74) is 0. The van der Waals surface area contributed by atoms with Crippen LogP contribution in [0.1, 0.15) is 38.4 Å². The highest BCUT2D eigenvalue weighted by Crippen LogP contribution is 2.15. The molecule has 106 valence electrons. The van der Waals surface area contributed by atoms with E-state index in [1.54, 1.807) is 0 Å². The molecule has 1 aromatic heterocycles. The van der Waals surface area contributed by atoms with E-state index in [1.165, 1.54) is 6.42 Å². The van der Waals surface area contributed by atoms with Gasteiger partial charge in [-0.1, -0.05) is 0 Å². The van der Waals surface area contributed by atoms with E-state index in [-0.39, 0.29) is 6.03 Å². The van der Waals surface area contributed by atoms with Crippen LogP contribution in [0.5, 0.6) is 0 Å². The molecule has 5 heteroatoms. The summed E-state index contributed by atoms with van der Waals surface area (Å²) in [6.45, 7) is 6.65. The number of hydrogen-bond acceptors (Lipinski definition) is 2. The molecule has 1 N–H and O–H groups in total. The molecule has 2 amide bonds. The van der Waals surface area contributed by atoms with Crippen molar-refractivity contribution in [3.8, 4) is 0 Å². The first-order valence-electron chi connectivity index (χ1n) is 7.20. The maximum absolute atomic E-state index is 12.0. The number of carbonyl (C=O) groups is 1. The van der Waals surface area contributed by atoms with Gasteiger partial charge in [-0.25, -0.2) is 9.78 Å². The van der Waals surface area contributed by atoms with E-state index in [0.29, 0.717) is 6.04 Å². The highest BCUT2D eigenvalue weighted by Gasteiger charge is 2.22. The van der Waals surface area contributed by atoms with E-state index < -0.39 is 0 Å². The Morgan fingerprint density at radius 3 is 3.05 bits per heavy atom. The molecule has 0 bridgehead atoms. The number of piperidine rings is 1. The second-order valence-electron chi connectivity index (χ2n) is 5.29. The molecule has 5 nitrogen and oxygen atoms in total. The molecule has 19 heavy (non-hydrogen) atoms. The van der Waals surface area contributed by atoms with E-state index in [2.05, 4.69) is 21.8 Å². The lowest BCUT2D eigenvalue weighted by atomic mass is 10.0. The second-order valence-corrected chi connectivity index (χ2v) is 5.29. The number of amides is 2. The van der Waals surface area contributed by atoms with Crippen LogP contribution < -0.4 is 5.32 Å². The number of hydrogen-bond donors (Lipinski definition) is 1. The first-order valence-corrected chi connectivity index (χ1v) is 7.20. The molecular weight excluding hydrogens is 240 g/mol. The fraction of sp³-hybridized carbons (Fsp3) is 0.714. The molecule has 2 rings (SSSR count). The lowest BCUT2D eigenvalue weighted by Crippen LogP contribution is -2.47. The zero-order valence-corrected chi connectivity index (χ0v) is 11.9. The fourth-order valence-electron chi connectivity index (χ4n) is 2.59. The normalized spacial score (nSPS) is 19.5. The SMILES string of the molecule is Cc1nccn1CCCNC(=O)N1CCCCC1C. The number of nitrogens with zero attached hydrogens (tertiary/aromatic N) is 3. The number of imidazole rings is 1. The molecule has 0 radical (unpaired) electrons. The summed E-state index contributed by atoms with van der Waals surface area (Å²) in [5.74, 6) is 1.02. The van der Waals surface area contributed by atoms with Crippen LogP contribution in [0.15, 0.2) is 12.4 Å². The highest BCUT2D eigenvalue weighted by molar-refractivity contribution is 5.74. The summed E-state index contributed by atoms with van der Waals surface area (Å²) in [6.07, 6.45) is 8.22. The maximum atomic E-state index is 12.0. The van der Waals surface area contributed by atoms with Crippen LogP contribution in [-0.2, 0) is 6.54 Å². The van der Waals surface area contributed by atoms with Crippen LogP contribution in [0.3, 0.4) is 0 Å². The van der Waals surface area contributed by atoms with Crippen LogP contribution in [0.25, 0.3) is 0 Å². The number of carbonyl (C=O) groups excluding carboxylic acids is 1. The maximum Gasteiger partial charge on any atom is 0.317 e. The van der Waals surface area contributed by atoms with Crippen molar-refractivity contribution < 1.29 is 4.79 Å². The van der Waals surface area contributed by atoms with Gasteiger partial charge in [0.15, 0.2) is 0 Å². The molecule has 1 aliphatic rings. The Bertz CT molecular complexity index is 415. The smallest absolute Gasteiger partial charge is 0.317 e. The molecule has 0 aliphatic carbocycles. The standard InChI is InChI=1S/C14H24N4O/c1-12-6-3-4-10-18(12)14(19)16-7-5-9-17-11-8-15-13(17)2/h8,11-12H,3-7,9-10H2,1-2H3,(H,16,19). The van der Waals surface area contributed by atoms with Crippen LogP contribution in [-0.4, -0.2) is 39.6 Å². The second kappa shape index (κ2) is 6.59. The van der Waals surface area contributed by atoms with Gasteiger partial charge in [0.25, 0.3) is 0 Å². The van der Waals surface area contributed by atoms with E-state index in [0.717, 1.165) is 44.7 Å². The number of rotatable bonds is 4. The van der Waals surface area contributed by atoms with Crippen molar-refractivity contribution in [2.75, 3.05) is 13.1 Å². The number of aromatic nitrogens is 2. The third-order valence-electron chi connectivity index (χ3n) is 3.84. The predicted octanol–water partition coefficient (Wildman–Crippen LogP) is 2.17. The fourth-order valence-corrected chi connectivity index (χ4v) is 2.59. The van der Waals surface area contributed by atoms with Crippen LogP contribution in [0.2, 0.25) is 0 Å². The lowest BCUT2D eigenvalue weighted by Gasteiger charge is -2.33. The molecule has 1 aliphatic heterocycles. The molecule has 2 heterocycles. The molecule has 1 fully saturated rings. The van der Waals surface area contributed by atoms with Gasteiger partial charge in [-0.15, -0.1) is 0 Å². The Balaban J connectivity index is 1.68. The third kappa shape index (κ3) is 3.72. The van der Waals surface area contributed by atoms with Crippen molar-refractivity contribution in [3.05, 3.63) is 18.2 Å². The molecule has 0 aromatic carbocycles. The Hall–Kier alpha value is -1.52. The summed E-state index contributed by atoms with van der Waals surface area (Å²) < 4.78 is 2.11. The first kappa shape index (κ1) is 13.9. The largest absolute Gasteiger partial charge is 0.338 e. The van der Waals surface area contributed by atoms with E-state index in [4.69, 9.17) is 0 Å². The van der Waals surface area contributed by atoms with Crippen LogP contribution in [0, 0.1) is 6.92 Å². The van der Waals surface area contributed by atoms with Crippen molar-refractivity contribution in [1.29, 1.82) is 0 Å². The van der Waals surface area contributed by atoms with Crippen molar-refractivity contribution in [3.63, 3.8) is 0 Å². The molecule has 1 aromatic rings. The summed E-state index contributed by atoms with van der Waals surface area (Å²) in [6, 6.07) is 0.471. The summed E-state index contributed by atoms with van der Waals surface area (Å²) >= 11 is 0. The van der Waals surface area contributed by atoms with Gasteiger partial charge in [0.2, 0.25) is 0 Å². The van der Waals surface area contributed by atoms with Gasteiger partial charge in [-0.05, 0) is 39.5 Å². The van der Waals surface area contributed by atoms with E-state index >= 15 is 0 Å². The quantitative estimate of drug-likeness (QED) is 0.847. The number of urea groups is 1. The molecule has 0 spiro atoms. The van der Waals surface area contributed by atoms with Gasteiger partial charge in [0.05, 0.1) is 0 Å². The molecule has 1 atom stereocenters. The monoisotopic (exact) mass is 264 g/mol. The van der Waals surface area contributed by atoms with Gasteiger partial charge in [-0.3, -0.25) is 0 Å². The number of likely N-dealkylation sites (tertiary alicyclic amines) is 1. The zero-order chi connectivity index (χ0) is 13.7. The third-order valence-corrected chi connectivity index (χ3v) is 3.84. The average Bonchev–Trinajstić information content (AvgIpc) is 2.80. The summed E-state index contributed by atoms with van der Waals surface area (Å²) in [5, 5.41) is 3.02. The highest BCUT2D eigenvalue weighted by atomic mass is 16.2. The Kier molecular flexibility index (Phi) is 4.82. The van der Waals surface area contributed by atoms with E-state index in [9.17, 15) is 4.79 Å². The molecule has 1 unspecified atom stereocenters. The number of aryl methyl sites for hydroxylation is 2. The van der Waals surface area contributed by atoms with E-state index in [1.807, 2.05) is 24.2 Å². The first-order chi connectivity index (χ1) is 9.18. The topological polar surface area (TPSA) is 50.2 Å². The van der Waals surface area contributed by atoms with Crippen molar-refractivity contribution in [2.24, 2.45) is 0 Å². The van der Waals surface area contributed by atoms with Gasteiger partial charge >= 0.3 is 6.03 Å². The van der Waals surface area contributed by atoms with Gasteiger partial charge in [0.1, 0.15) is 5.82 Å². The summed E-state index contributed by atoms with van der Waals surface area (Å²) in [7, 11) is 0. The van der Waals surface area contributed by atoms with Crippen molar-refractivity contribution in [2.45, 2.75) is 52.1 Å². The average molecular weight is 264 g/mol. The molecular formula is C14H24N4O. The van der Waals surface area contributed by atoms with Crippen molar-refractivity contribution >= 4 is 6.03 Å². The lowest BCUT2D eigenvalue weighted by molar-refractivity contribution is 0.158. The predicted molar refractivity (Wildman–Crippen MR) is 75.0 cm³/mol. The minimum atomic E-state index is 0.0922. The zero-order valence-electron chi connectivity index (χ0n) is 11.9. The van der Waals surface area contributed by atoms with Crippen molar-refractivity contribution in [1.82, 2.24) is 19.8 Å². The van der Waals surface area contributed by atoms with Gasteiger partial charge in [-0.2, -0.15) is 0 Å². The number of nitrogens with one attached hydrogen (secondary N) is 1.